The molecule has 1 fully saturated rings. The van der Waals surface area contributed by atoms with E-state index in [0.29, 0.717) is 24.4 Å². The molecule has 0 N–H and O–H groups in total. The Kier molecular flexibility index (Phi) is 6.60. The van der Waals surface area contributed by atoms with E-state index >= 15 is 0 Å². The van der Waals surface area contributed by atoms with Crippen molar-refractivity contribution in [1.29, 1.82) is 0 Å². The van der Waals surface area contributed by atoms with Gasteiger partial charge in [0.1, 0.15) is 0 Å². The fraction of sp³-hybridized carbons (Fsp3) is 0.529. The van der Waals surface area contributed by atoms with Crippen molar-refractivity contribution in [1.82, 2.24) is 4.90 Å². The van der Waals surface area contributed by atoms with Gasteiger partial charge in [0.25, 0.3) is 5.24 Å². The third kappa shape index (κ3) is 4.47. The van der Waals surface area contributed by atoms with Crippen LogP contribution in [0.3, 0.4) is 0 Å². The third-order valence-corrected chi connectivity index (χ3v) is 4.46. The van der Waals surface area contributed by atoms with Gasteiger partial charge in [-0.15, -0.1) is 0 Å². The number of anilines is 2. The summed E-state index contributed by atoms with van der Waals surface area (Å²) in [6.07, 6.45) is 0. The Hall–Kier alpha value is -1.63. The minimum absolute atomic E-state index is 0.151. The molecule has 0 unspecified atom stereocenters. The monoisotopic (exact) mass is 353 g/mol. The van der Waals surface area contributed by atoms with Crippen LogP contribution >= 0.6 is 11.6 Å². The number of amides is 1. The van der Waals surface area contributed by atoms with Gasteiger partial charge >= 0.3 is 0 Å². The highest BCUT2D eigenvalue weighted by Gasteiger charge is 2.21. The Morgan fingerprint density at radius 1 is 1.25 bits per heavy atom. The van der Waals surface area contributed by atoms with Crippen molar-refractivity contribution < 1.29 is 14.3 Å². The van der Waals surface area contributed by atoms with Gasteiger partial charge in [-0.1, -0.05) is 0 Å². The van der Waals surface area contributed by atoms with Crippen LogP contribution in [-0.4, -0.2) is 69.5 Å². The number of hydrogen-bond donors (Lipinski definition) is 0. The minimum atomic E-state index is -0.571. The second kappa shape index (κ2) is 8.46. The molecular formula is C17H24ClN3O3. The van der Waals surface area contributed by atoms with Gasteiger partial charge in [-0.25, -0.2) is 0 Å². The summed E-state index contributed by atoms with van der Waals surface area (Å²) in [5, 5.41) is -0.571. The van der Waals surface area contributed by atoms with Crippen LogP contribution in [0.2, 0.25) is 0 Å². The molecule has 1 aliphatic rings. The lowest BCUT2D eigenvalue weighted by Crippen LogP contribution is -2.44. The highest BCUT2D eigenvalue weighted by molar-refractivity contribution is 6.68. The Labute approximate surface area is 147 Å². The first-order valence-electron chi connectivity index (χ1n) is 7.98. The first-order valence-corrected chi connectivity index (χ1v) is 8.36. The van der Waals surface area contributed by atoms with Crippen LogP contribution in [0, 0.1) is 0 Å². The number of halogens is 1. The molecule has 132 valence electrons. The molecule has 6 nitrogen and oxygen atoms in total. The van der Waals surface area contributed by atoms with Crippen molar-refractivity contribution in [2.24, 2.45) is 0 Å². The van der Waals surface area contributed by atoms with Crippen molar-refractivity contribution in [2.45, 2.75) is 6.92 Å². The van der Waals surface area contributed by atoms with Crippen molar-refractivity contribution in [2.75, 3.05) is 63.3 Å². The van der Waals surface area contributed by atoms with Gasteiger partial charge in [0.15, 0.2) is 0 Å². The van der Waals surface area contributed by atoms with E-state index in [0.717, 1.165) is 31.9 Å². The van der Waals surface area contributed by atoms with Crippen LogP contribution in [0.1, 0.15) is 17.3 Å². The molecule has 0 saturated carbocycles. The number of carbonyl (C=O) groups is 2. The number of ether oxygens (including phenoxy) is 1. The molecular weight excluding hydrogens is 330 g/mol. The fourth-order valence-corrected chi connectivity index (χ4v) is 2.96. The summed E-state index contributed by atoms with van der Waals surface area (Å²) in [5.41, 5.74) is 1.86. The summed E-state index contributed by atoms with van der Waals surface area (Å²) in [6, 6.07) is 5.46. The molecule has 0 radical (unpaired) electrons. The molecule has 0 spiro atoms. The van der Waals surface area contributed by atoms with E-state index < -0.39 is 5.24 Å². The van der Waals surface area contributed by atoms with E-state index in [4.69, 9.17) is 16.3 Å². The maximum absolute atomic E-state index is 12.1. The van der Waals surface area contributed by atoms with Crippen molar-refractivity contribution in [3.05, 3.63) is 23.8 Å². The van der Waals surface area contributed by atoms with Crippen molar-refractivity contribution in [3.8, 4) is 0 Å². The third-order valence-electron chi connectivity index (χ3n) is 4.25. The predicted octanol–water partition coefficient (Wildman–Crippen LogP) is 1.82. The lowest BCUT2D eigenvalue weighted by atomic mass is 10.1. The predicted molar refractivity (Wildman–Crippen MR) is 96.2 cm³/mol. The van der Waals surface area contributed by atoms with Gasteiger partial charge in [-0.3, -0.25) is 9.59 Å². The molecule has 1 saturated heterocycles. The number of rotatable bonds is 6. The summed E-state index contributed by atoms with van der Waals surface area (Å²) >= 11 is 5.72. The Bertz CT molecular complexity index is 601. The zero-order valence-electron chi connectivity index (χ0n) is 14.4. The molecule has 1 heterocycles. The zero-order chi connectivity index (χ0) is 17.7. The standard InChI is InChI=1S/C17H24ClN3O3/c1-13(22)21(10-11-24-3)16-12-14(4-5-15(16)17(18)23)20-8-6-19(2)7-9-20/h4-5,12H,6-11H2,1-3H3. The number of carbonyl (C=O) groups excluding carboxylic acids is 2. The highest BCUT2D eigenvalue weighted by Crippen LogP contribution is 2.29. The zero-order valence-corrected chi connectivity index (χ0v) is 15.2. The molecule has 1 aromatic carbocycles. The van der Waals surface area contributed by atoms with Crippen molar-refractivity contribution in [3.63, 3.8) is 0 Å². The van der Waals surface area contributed by atoms with Crippen LogP contribution in [0.4, 0.5) is 11.4 Å². The molecule has 7 heteroatoms. The first-order chi connectivity index (χ1) is 11.4. The Balaban J connectivity index is 2.36. The summed E-state index contributed by atoms with van der Waals surface area (Å²) in [5.74, 6) is -0.151. The topological polar surface area (TPSA) is 53.1 Å². The summed E-state index contributed by atoms with van der Waals surface area (Å²) in [6.45, 7) is 5.99. The van der Waals surface area contributed by atoms with E-state index in [9.17, 15) is 9.59 Å². The second-order valence-corrected chi connectivity index (χ2v) is 6.27. The maximum Gasteiger partial charge on any atom is 0.254 e. The van der Waals surface area contributed by atoms with Crippen molar-refractivity contribution >= 4 is 34.1 Å². The normalized spacial score (nSPS) is 15.4. The van der Waals surface area contributed by atoms with Crippen LogP contribution in [0.15, 0.2) is 18.2 Å². The van der Waals surface area contributed by atoms with E-state index in [1.165, 1.54) is 6.92 Å². The number of methoxy groups -OCH3 is 1. The maximum atomic E-state index is 12.1. The lowest BCUT2D eigenvalue weighted by molar-refractivity contribution is -0.116. The van der Waals surface area contributed by atoms with Crippen LogP contribution in [0.5, 0.6) is 0 Å². The fourth-order valence-electron chi connectivity index (χ4n) is 2.80. The SMILES string of the molecule is COCCN(C(C)=O)c1cc(N2CCN(C)CC2)ccc1C(=O)Cl. The molecule has 0 bridgehead atoms. The molecule has 24 heavy (non-hydrogen) atoms. The van der Waals surface area contributed by atoms with Crippen LogP contribution < -0.4 is 9.80 Å². The Morgan fingerprint density at radius 2 is 1.92 bits per heavy atom. The van der Waals surface area contributed by atoms with E-state index in [2.05, 4.69) is 16.8 Å². The number of likely N-dealkylation sites (N-methyl/N-ethyl adjacent to an activating group) is 1. The number of piperazine rings is 1. The largest absolute Gasteiger partial charge is 0.383 e. The van der Waals surface area contributed by atoms with E-state index in [1.54, 1.807) is 18.1 Å². The highest BCUT2D eigenvalue weighted by atomic mass is 35.5. The smallest absolute Gasteiger partial charge is 0.254 e. The lowest BCUT2D eigenvalue weighted by Gasteiger charge is -2.35. The van der Waals surface area contributed by atoms with Gasteiger partial charge in [-0.2, -0.15) is 0 Å². The summed E-state index contributed by atoms with van der Waals surface area (Å²) in [7, 11) is 3.67. The van der Waals surface area contributed by atoms with Gasteiger partial charge in [-0.05, 0) is 36.8 Å². The van der Waals surface area contributed by atoms with Gasteiger partial charge in [0.05, 0.1) is 17.9 Å². The summed E-state index contributed by atoms with van der Waals surface area (Å²) in [4.78, 5) is 29.9. The molecule has 0 atom stereocenters. The average Bonchev–Trinajstić information content (AvgIpc) is 2.55. The summed E-state index contributed by atoms with van der Waals surface area (Å²) < 4.78 is 5.07. The Morgan fingerprint density at radius 3 is 2.46 bits per heavy atom. The van der Waals surface area contributed by atoms with Gasteiger partial charge < -0.3 is 19.4 Å². The van der Waals surface area contributed by atoms with E-state index in [-0.39, 0.29) is 5.91 Å². The first kappa shape index (κ1) is 18.7. The molecule has 0 aromatic heterocycles. The average molecular weight is 354 g/mol. The molecule has 1 aliphatic heterocycles. The molecule has 0 aliphatic carbocycles. The molecule has 1 aromatic rings. The molecule has 2 rings (SSSR count). The van der Waals surface area contributed by atoms with E-state index in [1.807, 2.05) is 12.1 Å². The number of nitrogens with zero attached hydrogens (tertiary/aromatic N) is 3. The van der Waals surface area contributed by atoms with Gasteiger partial charge in [0.2, 0.25) is 5.91 Å². The minimum Gasteiger partial charge on any atom is -0.383 e. The quantitative estimate of drug-likeness (QED) is 0.730. The van der Waals surface area contributed by atoms with Gasteiger partial charge in [0, 0.05) is 52.4 Å². The number of hydrogen-bond acceptors (Lipinski definition) is 5. The molecule has 1 amide bonds. The van der Waals surface area contributed by atoms with Crippen LogP contribution in [0.25, 0.3) is 0 Å². The second-order valence-electron chi connectivity index (χ2n) is 5.93. The number of benzene rings is 1. The van der Waals surface area contributed by atoms with Crippen LogP contribution in [-0.2, 0) is 9.53 Å².